The summed E-state index contributed by atoms with van der Waals surface area (Å²) in [7, 11) is -3.52. The van der Waals surface area contributed by atoms with Crippen molar-refractivity contribution in [1.29, 1.82) is 0 Å². The first kappa shape index (κ1) is 19.1. The summed E-state index contributed by atoms with van der Waals surface area (Å²) >= 11 is 6.67. The first-order chi connectivity index (χ1) is 11.3. The van der Waals surface area contributed by atoms with E-state index in [1.807, 2.05) is 30.3 Å². The summed E-state index contributed by atoms with van der Waals surface area (Å²) in [5.74, 6) is -0.399. The fourth-order valence-electron chi connectivity index (χ4n) is 2.00. The maximum atomic E-state index is 12.2. The summed E-state index contributed by atoms with van der Waals surface area (Å²) in [6.45, 7) is -0.119. The molecule has 0 bridgehead atoms. The molecule has 0 saturated carbocycles. The van der Waals surface area contributed by atoms with Crippen LogP contribution in [0.1, 0.15) is 5.56 Å². The molecule has 128 valence electrons. The maximum Gasteiger partial charge on any atom is 0.239 e. The summed E-state index contributed by atoms with van der Waals surface area (Å²) in [5.41, 5.74) is 1.40. The number of nitrogens with one attached hydrogen (secondary N) is 1. The van der Waals surface area contributed by atoms with Gasteiger partial charge < -0.3 is 5.32 Å². The van der Waals surface area contributed by atoms with Gasteiger partial charge in [-0.15, -0.1) is 0 Å². The largest absolute Gasteiger partial charge is 0.324 e. The summed E-state index contributed by atoms with van der Waals surface area (Å²) < 4.78 is 26.8. The Morgan fingerprint density at radius 1 is 1.08 bits per heavy atom. The number of anilines is 1. The van der Waals surface area contributed by atoms with Gasteiger partial charge in [-0.3, -0.25) is 4.79 Å². The van der Waals surface area contributed by atoms with Gasteiger partial charge in [-0.25, -0.2) is 8.42 Å². The van der Waals surface area contributed by atoms with Gasteiger partial charge in [0.05, 0.1) is 18.5 Å². The zero-order valence-corrected chi connectivity index (χ0v) is 16.9. The third-order valence-electron chi connectivity index (χ3n) is 3.21. The quantitative estimate of drug-likeness (QED) is 0.693. The average molecular weight is 476 g/mol. The van der Waals surface area contributed by atoms with E-state index in [0.29, 0.717) is 5.69 Å². The lowest BCUT2D eigenvalue weighted by atomic mass is 10.2. The lowest BCUT2D eigenvalue weighted by molar-refractivity contribution is -0.116. The lowest BCUT2D eigenvalue weighted by Crippen LogP contribution is -2.36. The Morgan fingerprint density at radius 3 is 2.29 bits per heavy atom. The minimum Gasteiger partial charge on any atom is -0.324 e. The Kier molecular flexibility index (Phi) is 6.56. The Hall–Kier alpha value is -1.22. The van der Waals surface area contributed by atoms with Gasteiger partial charge in [0, 0.05) is 15.5 Å². The van der Waals surface area contributed by atoms with Crippen LogP contribution in [0, 0.1) is 0 Å². The highest BCUT2D eigenvalue weighted by molar-refractivity contribution is 9.10. The molecule has 2 aromatic carbocycles. The van der Waals surface area contributed by atoms with Crippen molar-refractivity contribution in [2.45, 2.75) is 6.54 Å². The van der Waals surface area contributed by atoms with Crippen molar-refractivity contribution in [3.05, 3.63) is 63.0 Å². The molecule has 1 N–H and O–H groups in total. The van der Waals surface area contributed by atoms with Crippen molar-refractivity contribution in [1.82, 2.24) is 4.31 Å². The van der Waals surface area contributed by atoms with Crippen molar-refractivity contribution < 1.29 is 13.2 Å². The number of para-hydroxylation sites is 1. The molecule has 0 atom stereocenters. The van der Waals surface area contributed by atoms with E-state index in [1.54, 1.807) is 18.2 Å². The van der Waals surface area contributed by atoms with E-state index < -0.39 is 15.9 Å². The van der Waals surface area contributed by atoms with Crippen molar-refractivity contribution in [3.8, 4) is 0 Å². The molecule has 0 saturated heterocycles. The average Bonchev–Trinajstić information content (AvgIpc) is 2.50. The summed E-state index contributed by atoms with van der Waals surface area (Å²) in [6, 6.07) is 14.4. The third-order valence-corrected chi connectivity index (χ3v) is 5.63. The number of nitrogens with zero attached hydrogens (tertiary/aromatic N) is 1. The molecule has 0 aliphatic rings. The first-order valence-corrected chi connectivity index (χ1v) is 10.4. The Balaban J connectivity index is 2.10. The van der Waals surface area contributed by atoms with Gasteiger partial charge in [-0.05, 0) is 45.8 Å². The molecule has 0 aliphatic carbocycles. The fraction of sp³-hybridized carbons (Fsp3) is 0.188. The minimum absolute atomic E-state index is 0.134. The smallest absolute Gasteiger partial charge is 0.239 e. The second-order valence-electron chi connectivity index (χ2n) is 5.19. The Morgan fingerprint density at radius 2 is 1.71 bits per heavy atom. The van der Waals surface area contributed by atoms with Crippen molar-refractivity contribution in [3.63, 3.8) is 0 Å². The summed E-state index contributed by atoms with van der Waals surface area (Å²) in [5, 5.41) is 2.71. The number of hydrogen-bond donors (Lipinski definition) is 1. The van der Waals surface area contributed by atoms with Crippen LogP contribution in [-0.2, 0) is 21.4 Å². The number of hydrogen-bond acceptors (Lipinski definition) is 3. The topological polar surface area (TPSA) is 66.5 Å². The number of amides is 1. The predicted octanol–water partition coefficient (Wildman–Crippen LogP) is 3.61. The van der Waals surface area contributed by atoms with Crippen LogP contribution in [0.3, 0.4) is 0 Å². The monoisotopic (exact) mass is 474 g/mol. The second kappa shape index (κ2) is 8.24. The van der Waals surface area contributed by atoms with Crippen LogP contribution in [0.4, 0.5) is 5.69 Å². The molecule has 8 heteroatoms. The van der Waals surface area contributed by atoms with Gasteiger partial charge in [0.2, 0.25) is 15.9 Å². The molecule has 2 aromatic rings. The van der Waals surface area contributed by atoms with Crippen LogP contribution in [0.15, 0.2) is 57.5 Å². The number of carbonyl (C=O) groups excluding carboxylic acids is 1. The predicted molar refractivity (Wildman–Crippen MR) is 102 cm³/mol. The van der Waals surface area contributed by atoms with Crippen LogP contribution in [0.2, 0.25) is 0 Å². The summed E-state index contributed by atoms with van der Waals surface area (Å²) in [4.78, 5) is 12.2. The number of benzene rings is 2. The number of sulfonamides is 1. The maximum absolute atomic E-state index is 12.2. The molecule has 2 rings (SSSR count). The normalized spacial score (nSPS) is 11.5. The van der Waals surface area contributed by atoms with Gasteiger partial charge in [0.25, 0.3) is 0 Å². The standard InChI is InChI=1S/C16H16Br2N2O3S/c1-24(22,23)20(10-12-6-8-13(17)9-7-12)11-16(21)19-15-5-3-2-4-14(15)18/h2-9H,10-11H2,1H3,(H,19,21). The molecule has 0 fully saturated rings. The highest BCUT2D eigenvalue weighted by atomic mass is 79.9. The Bertz CT molecular complexity index is 823. The molecule has 1 amide bonds. The molecule has 0 aliphatic heterocycles. The van der Waals surface area contributed by atoms with E-state index in [0.717, 1.165) is 25.1 Å². The molecule has 0 heterocycles. The summed E-state index contributed by atoms with van der Waals surface area (Å²) in [6.07, 6.45) is 1.09. The first-order valence-electron chi connectivity index (χ1n) is 6.99. The second-order valence-corrected chi connectivity index (χ2v) is 8.94. The van der Waals surface area contributed by atoms with E-state index in [2.05, 4.69) is 37.2 Å². The molecular weight excluding hydrogens is 460 g/mol. The van der Waals surface area contributed by atoms with Gasteiger partial charge in [-0.1, -0.05) is 40.2 Å². The van der Waals surface area contributed by atoms with Gasteiger partial charge in [0.1, 0.15) is 0 Å². The third kappa shape index (κ3) is 5.70. The van der Waals surface area contributed by atoms with Crippen molar-refractivity contribution in [2.75, 3.05) is 18.1 Å². The van der Waals surface area contributed by atoms with Crippen LogP contribution in [-0.4, -0.2) is 31.4 Å². The molecular formula is C16H16Br2N2O3S. The van der Waals surface area contributed by atoms with Gasteiger partial charge in [-0.2, -0.15) is 4.31 Å². The molecule has 5 nitrogen and oxygen atoms in total. The molecule has 0 unspecified atom stereocenters. The van der Waals surface area contributed by atoms with E-state index in [1.165, 1.54) is 0 Å². The van der Waals surface area contributed by atoms with E-state index in [4.69, 9.17) is 0 Å². The lowest BCUT2D eigenvalue weighted by Gasteiger charge is -2.20. The van der Waals surface area contributed by atoms with Crippen LogP contribution in [0.5, 0.6) is 0 Å². The van der Waals surface area contributed by atoms with E-state index in [-0.39, 0.29) is 13.1 Å². The van der Waals surface area contributed by atoms with Gasteiger partial charge >= 0.3 is 0 Å². The van der Waals surface area contributed by atoms with Crippen LogP contribution < -0.4 is 5.32 Å². The van der Waals surface area contributed by atoms with Crippen molar-refractivity contribution in [2.24, 2.45) is 0 Å². The molecule has 0 aromatic heterocycles. The Labute approximate surface area is 158 Å². The van der Waals surface area contributed by atoms with Crippen LogP contribution in [0.25, 0.3) is 0 Å². The minimum atomic E-state index is -3.52. The van der Waals surface area contributed by atoms with E-state index in [9.17, 15) is 13.2 Å². The molecule has 24 heavy (non-hydrogen) atoms. The zero-order valence-electron chi connectivity index (χ0n) is 12.9. The van der Waals surface area contributed by atoms with E-state index >= 15 is 0 Å². The molecule has 0 spiro atoms. The zero-order chi connectivity index (χ0) is 17.7. The fourth-order valence-corrected chi connectivity index (χ4v) is 3.38. The number of carbonyl (C=O) groups is 1. The van der Waals surface area contributed by atoms with Crippen molar-refractivity contribution >= 4 is 53.5 Å². The SMILES string of the molecule is CS(=O)(=O)N(CC(=O)Nc1ccccc1Br)Cc1ccc(Br)cc1. The van der Waals surface area contributed by atoms with Crippen LogP contribution >= 0.6 is 31.9 Å². The highest BCUT2D eigenvalue weighted by Crippen LogP contribution is 2.21. The van der Waals surface area contributed by atoms with Gasteiger partial charge in [0.15, 0.2) is 0 Å². The molecule has 0 radical (unpaired) electrons. The highest BCUT2D eigenvalue weighted by Gasteiger charge is 2.21. The number of rotatable bonds is 6. The number of halogens is 2.